The number of hydrogen-bond donors (Lipinski definition) is 0. The summed E-state index contributed by atoms with van der Waals surface area (Å²) in [5.41, 5.74) is -1.57. The van der Waals surface area contributed by atoms with Gasteiger partial charge in [-0.25, -0.2) is 9.59 Å². The minimum absolute atomic E-state index is 0.00367. The smallest absolute Gasteiger partial charge is 0.338 e. The van der Waals surface area contributed by atoms with Crippen molar-refractivity contribution in [1.29, 1.82) is 0 Å². The summed E-state index contributed by atoms with van der Waals surface area (Å²) < 4.78 is 9.10. The quantitative estimate of drug-likeness (QED) is 0.605. The van der Waals surface area contributed by atoms with Crippen LogP contribution < -0.4 is 0 Å². The molecule has 0 amide bonds. The fourth-order valence-corrected chi connectivity index (χ4v) is 2.28. The third-order valence-corrected chi connectivity index (χ3v) is 3.44. The SMILES string of the molecule is C=C(C(=O)OC)C1=C(C(=C)C(=O)OC)C(=O)c2ncccc2C1=O. The average molecular weight is 327 g/mol. The molecule has 1 aromatic rings. The van der Waals surface area contributed by atoms with Gasteiger partial charge >= 0.3 is 11.9 Å². The first-order valence-corrected chi connectivity index (χ1v) is 6.69. The Labute approximate surface area is 137 Å². The van der Waals surface area contributed by atoms with Gasteiger partial charge < -0.3 is 9.47 Å². The van der Waals surface area contributed by atoms with E-state index in [0.717, 1.165) is 14.2 Å². The van der Waals surface area contributed by atoms with Gasteiger partial charge in [0.25, 0.3) is 0 Å². The molecule has 122 valence electrons. The van der Waals surface area contributed by atoms with Crippen molar-refractivity contribution in [3.05, 3.63) is 65.0 Å². The standard InChI is InChI=1S/C17H13NO6/c1-8(16(21)23-3)11-12(9(2)17(22)24-4)15(20)13-10(14(11)19)6-5-7-18-13/h5-7H,1-2H2,3-4H3. The first-order valence-electron chi connectivity index (χ1n) is 6.69. The van der Waals surface area contributed by atoms with Crippen molar-refractivity contribution in [2.75, 3.05) is 14.2 Å². The van der Waals surface area contributed by atoms with E-state index in [0.29, 0.717) is 0 Å². The highest BCUT2D eigenvalue weighted by Gasteiger charge is 2.38. The molecule has 0 saturated carbocycles. The Balaban J connectivity index is 2.77. The lowest BCUT2D eigenvalue weighted by atomic mass is 9.81. The number of hydrogen-bond acceptors (Lipinski definition) is 7. The number of carbonyl (C=O) groups excluding carboxylic acids is 4. The van der Waals surface area contributed by atoms with Gasteiger partial charge in [0.05, 0.1) is 36.5 Å². The van der Waals surface area contributed by atoms with E-state index in [1.807, 2.05) is 0 Å². The highest BCUT2D eigenvalue weighted by molar-refractivity contribution is 6.33. The molecular weight excluding hydrogens is 314 g/mol. The molecule has 7 nitrogen and oxygen atoms in total. The van der Waals surface area contributed by atoms with Crippen LogP contribution in [0.2, 0.25) is 0 Å². The third kappa shape index (κ3) is 2.56. The fraction of sp³-hybridized carbons (Fsp3) is 0.118. The molecule has 0 unspecified atom stereocenters. The maximum atomic E-state index is 12.7. The Hall–Kier alpha value is -3.35. The monoisotopic (exact) mass is 327 g/mol. The summed E-state index contributed by atoms with van der Waals surface area (Å²) in [6, 6.07) is 2.87. The Morgan fingerprint density at radius 2 is 1.46 bits per heavy atom. The number of ketones is 2. The van der Waals surface area contributed by atoms with Crippen LogP contribution in [-0.2, 0) is 19.1 Å². The van der Waals surface area contributed by atoms with E-state index in [4.69, 9.17) is 0 Å². The summed E-state index contributed by atoms with van der Waals surface area (Å²) in [6.07, 6.45) is 1.34. The molecule has 0 aromatic carbocycles. The Kier molecular flexibility index (Phi) is 4.54. The number of aromatic nitrogens is 1. The molecule has 2 rings (SSSR count). The van der Waals surface area contributed by atoms with Crippen LogP contribution in [0.5, 0.6) is 0 Å². The van der Waals surface area contributed by atoms with Gasteiger partial charge in [0, 0.05) is 11.8 Å². The molecular formula is C17H13NO6. The maximum Gasteiger partial charge on any atom is 0.338 e. The zero-order chi connectivity index (χ0) is 18.0. The molecule has 1 aliphatic carbocycles. The van der Waals surface area contributed by atoms with Gasteiger partial charge in [-0.1, -0.05) is 13.2 Å². The summed E-state index contributed by atoms with van der Waals surface area (Å²) in [5.74, 6) is -3.22. The van der Waals surface area contributed by atoms with Gasteiger partial charge in [-0.05, 0) is 12.1 Å². The second-order valence-electron chi connectivity index (χ2n) is 4.75. The maximum absolute atomic E-state index is 12.7. The molecule has 7 heteroatoms. The molecule has 0 atom stereocenters. The lowest BCUT2D eigenvalue weighted by molar-refractivity contribution is -0.136. The normalized spacial score (nSPS) is 13.2. The minimum atomic E-state index is -0.916. The Morgan fingerprint density at radius 1 is 0.958 bits per heavy atom. The number of Topliss-reactive ketones (excluding diaryl/α,β-unsaturated/α-hetero) is 2. The summed E-state index contributed by atoms with van der Waals surface area (Å²) in [6.45, 7) is 7.00. The van der Waals surface area contributed by atoms with Crippen molar-refractivity contribution in [1.82, 2.24) is 4.98 Å². The van der Waals surface area contributed by atoms with Crippen LogP contribution in [0.4, 0.5) is 0 Å². The molecule has 0 spiro atoms. The van der Waals surface area contributed by atoms with Crippen molar-refractivity contribution in [2.24, 2.45) is 0 Å². The predicted molar refractivity (Wildman–Crippen MR) is 82.2 cm³/mol. The van der Waals surface area contributed by atoms with E-state index in [-0.39, 0.29) is 33.5 Å². The molecule has 0 aliphatic heterocycles. The Morgan fingerprint density at radius 3 is 1.96 bits per heavy atom. The average Bonchev–Trinajstić information content (AvgIpc) is 2.61. The summed E-state index contributed by atoms with van der Waals surface area (Å²) >= 11 is 0. The lowest BCUT2D eigenvalue weighted by Crippen LogP contribution is -2.28. The minimum Gasteiger partial charge on any atom is -0.465 e. The Bertz CT molecular complexity index is 777. The molecule has 1 aliphatic rings. The van der Waals surface area contributed by atoms with Crippen LogP contribution in [0.15, 0.2) is 53.8 Å². The van der Waals surface area contributed by atoms with Crippen molar-refractivity contribution >= 4 is 23.5 Å². The highest BCUT2D eigenvalue weighted by Crippen LogP contribution is 2.32. The van der Waals surface area contributed by atoms with Gasteiger partial charge in [-0.3, -0.25) is 14.6 Å². The van der Waals surface area contributed by atoms with E-state index in [2.05, 4.69) is 27.6 Å². The molecule has 0 radical (unpaired) electrons. The van der Waals surface area contributed by atoms with Crippen LogP contribution in [-0.4, -0.2) is 42.7 Å². The first-order chi connectivity index (χ1) is 11.3. The molecule has 0 fully saturated rings. The molecule has 24 heavy (non-hydrogen) atoms. The number of methoxy groups -OCH3 is 2. The van der Waals surface area contributed by atoms with Gasteiger partial charge in [-0.15, -0.1) is 0 Å². The highest BCUT2D eigenvalue weighted by atomic mass is 16.5. The lowest BCUT2D eigenvalue weighted by Gasteiger charge is -2.21. The number of ether oxygens (including phenoxy) is 2. The largest absolute Gasteiger partial charge is 0.465 e. The molecule has 0 N–H and O–H groups in total. The number of fused-ring (bicyclic) bond motifs is 1. The van der Waals surface area contributed by atoms with Gasteiger partial charge in [-0.2, -0.15) is 0 Å². The molecule has 0 bridgehead atoms. The van der Waals surface area contributed by atoms with Crippen LogP contribution in [0.3, 0.4) is 0 Å². The first kappa shape index (κ1) is 17.0. The van der Waals surface area contributed by atoms with Gasteiger partial charge in [0.1, 0.15) is 5.69 Å². The van der Waals surface area contributed by atoms with Crippen LogP contribution in [0.25, 0.3) is 0 Å². The predicted octanol–water partition coefficient (Wildman–Crippen LogP) is 1.22. The van der Waals surface area contributed by atoms with Crippen molar-refractivity contribution in [3.8, 4) is 0 Å². The van der Waals surface area contributed by atoms with E-state index in [1.54, 1.807) is 0 Å². The second kappa shape index (κ2) is 6.41. The number of carbonyl (C=O) groups is 4. The number of pyridine rings is 1. The summed E-state index contributed by atoms with van der Waals surface area (Å²) in [7, 11) is 2.21. The van der Waals surface area contributed by atoms with Crippen molar-refractivity contribution in [2.45, 2.75) is 0 Å². The second-order valence-corrected chi connectivity index (χ2v) is 4.75. The number of rotatable bonds is 4. The third-order valence-electron chi connectivity index (χ3n) is 3.44. The molecule has 1 heterocycles. The van der Waals surface area contributed by atoms with Crippen molar-refractivity contribution in [3.63, 3.8) is 0 Å². The topological polar surface area (TPSA) is 99.6 Å². The van der Waals surface area contributed by atoms with Crippen LogP contribution in [0.1, 0.15) is 20.8 Å². The summed E-state index contributed by atoms with van der Waals surface area (Å²) in [4.78, 5) is 52.9. The van der Waals surface area contributed by atoms with Crippen LogP contribution >= 0.6 is 0 Å². The van der Waals surface area contributed by atoms with E-state index >= 15 is 0 Å². The molecule has 1 aromatic heterocycles. The van der Waals surface area contributed by atoms with Crippen molar-refractivity contribution < 1.29 is 28.7 Å². The van der Waals surface area contributed by atoms with E-state index < -0.39 is 23.5 Å². The van der Waals surface area contributed by atoms with Gasteiger partial charge in [0.15, 0.2) is 5.78 Å². The van der Waals surface area contributed by atoms with E-state index in [1.165, 1.54) is 18.3 Å². The fourth-order valence-electron chi connectivity index (χ4n) is 2.28. The number of nitrogens with zero attached hydrogens (tertiary/aromatic N) is 1. The van der Waals surface area contributed by atoms with E-state index in [9.17, 15) is 19.2 Å². The molecule has 0 saturated heterocycles. The van der Waals surface area contributed by atoms with Gasteiger partial charge in [0.2, 0.25) is 5.78 Å². The zero-order valence-corrected chi connectivity index (χ0v) is 13.0. The van der Waals surface area contributed by atoms with Crippen LogP contribution in [0, 0.1) is 0 Å². The zero-order valence-electron chi connectivity index (χ0n) is 13.0. The number of esters is 2. The summed E-state index contributed by atoms with van der Waals surface area (Å²) in [5, 5.41) is 0.